The highest BCUT2D eigenvalue weighted by molar-refractivity contribution is 6.01. The largest absolute Gasteiger partial charge is 0.457 e. The quantitative estimate of drug-likeness (QED) is 0.649. The van der Waals surface area contributed by atoms with Crippen LogP contribution in [0.1, 0.15) is 24.8 Å². The van der Waals surface area contributed by atoms with Crippen molar-refractivity contribution in [3.05, 3.63) is 59.9 Å². The summed E-state index contributed by atoms with van der Waals surface area (Å²) in [6.07, 6.45) is 3.64. The van der Waals surface area contributed by atoms with Crippen LogP contribution in [-0.4, -0.2) is 59.4 Å². The first-order chi connectivity index (χ1) is 14.6. The fourth-order valence-corrected chi connectivity index (χ4v) is 3.88. The number of ether oxygens (including phenoxy) is 1. The molecule has 0 saturated carbocycles. The van der Waals surface area contributed by atoms with Crippen LogP contribution in [-0.2, 0) is 11.3 Å². The molecular weight excluding hydrogens is 385 g/mol. The molecule has 0 atom stereocenters. The molecule has 4 rings (SSSR count). The molecule has 2 aromatic carbocycles. The predicted octanol–water partition coefficient (Wildman–Crippen LogP) is 3.87. The van der Waals surface area contributed by atoms with Crippen LogP contribution in [0, 0.1) is 5.82 Å². The van der Waals surface area contributed by atoms with Gasteiger partial charge in [-0.1, -0.05) is 18.6 Å². The molecule has 2 saturated heterocycles. The number of carbonyl (C=O) groups is 2. The van der Waals surface area contributed by atoms with Crippen LogP contribution in [0.5, 0.6) is 11.5 Å². The third kappa shape index (κ3) is 4.97. The first kappa shape index (κ1) is 20.3. The minimum absolute atomic E-state index is 0.118. The second-order valence-electron chi connectivity index (χ2n) is 7.79. The van der Waals surface area contributed by atoms with Gasteiger partial charge in [0.25, 0.3) is 0 Å². The van der Waals surface area contributed by atoms with Gasteiger partial charge in [-0.3, -0.25) is 9.69 Å². The highest BCUT2D eigenvalue weighted by atomic mass is 19.1. The lowest BCUT2D eigenvalue weighted by atomic mass is 10.1. The molecule has 0 unspecified atom stereocenters. The number of hydrogen-bond acceptors (Lipinski definition) is 4. The van der Waals surface area contributed by atoms with Gasteiger partial charge in [0.1, 0.15) is 23.9 Å². The van der Waals surface area contributed by atoms with Gasteiger partial charge in [0.05, 0.1) is 0 Å². The number of benzene rings is 2. The minimum atomic E-state index is -0.313. The SMILES string of the molecule is O=C1CN(Cc2ccc(Oc3ccc(F)cc3)cc2)C(=O)N1CCN1CCCCC1. The number of halogens is 1. The summed E-state index contributed by atoms with van der Waals surface area (Å²) in [7, 11) is 0. The third-order valence-corrected chi connectivity index (χ3v) is 5.56. The average molecular weight is 411 g/mol. The molecule has 0 aliphatic carbocycles. The molecule has 2 aromatic rings. The molecule has 2 aliphatic heterocycles. The first-order valence-electron chi connectivity index (χ1n) is 10.4. The Hall–Kier alpha value is -2.93. The summed E-state index contributed by atoms with van der Waals surface area (Å²) in [6.45, 7) is 3.80. The Balaban J connectivity index is 1.30. The van der Waals surface area contributed by atoms with Crippen molar-refractivity contribution >= 4 is 11.9 Å². The zero-order valence-corrected chi connectivity index (χ0v) is 16.9. The Morgan fingerprint density at radius 1 is 0.833 bits per heavy atom. The van der Waals surface area contributed by atoms with E-state index in [9.17, 15) is 14.0 Å². The van der Waals surface area contributed by atoms with Crippen molar-refractivity contribution in [1.29, 1.82) is 0 Å². The summed E-state index contributed by atoms with van der Waals surface area (Å²) in [5.41, 5.74) is 0.917. The minimum Gasteiger partial charge on any atom is -0.457 e. The molecule has 30 heavy (non-hydrogen) atoms. The van der Waals surface area contributed by atoms with Gasteiger partial charge in [-0.15, -0.1) is 0 Å². The van der Waals surface area contributed by atoms with Gasteiger partial charge in [0.2, 0.25) is 5.91 Å². The van der Waals surface area contributed by atoms with Gasteiger partial charge >= 0.3 is 6.03 Å². The zero-order valence-electron chi connectivity index (χ0n) is 16.9. The molecule has 0 aromatic heterocycles. The van der Waals surface area contributed by atoms with Gasteiger partial charge in [-0.05, 0) is 67.9 Å². The summed E-state index contributed by atoms with van der Waals surface area (Å²) in [6, 6.07) is 12.9. The fraction of sp³-hybridized carbons (Fsp3) is 0.391. The summed E-state index contributed by atoms with van der Waals surface area (Å²) < 4.78 is 18.7. The second-order valence-corrected chi connectivity index (χ2v) is 7.79. The van der Waals surface area contributed by atoms with E-state index in [2.05, 4.69) is 4.90 Å². The van der Waals surface area contributed by atoms with E-state index in [1.807, 2.05) is 12.1 Å². The summed E-state index contributed by atoms with van der Waals surface area (Å²) in [5.74, 6) is 0.729. The van der Waals surface area contributed by atoms with E-state index in [4.69, 9.17) is 4.74 Å². The van der Waals surface area contributed by atoms with Crippen LogP contribution in [0.2, 0.25) is 0 Å². The highest BCUT2D eigenvalue weighted by Crippen LogP contribution is 2.23. The Kier molecular flexibility index (Phi) is 6.28. The Bertz CT molecular complexity index is 880. The van der Waals surface area contributed by atoms with Gasteiger partial charge in [0.15, 0.2) is 0 Å². The summed E-state index contributed by atoms with van der Waals surface area (Å²) >= 11 is 0. The Morgan fingerprint density at radius 2 is 1.47 bits per heavy atom. The van der Waals surface area contributed by atoms with E-state index in [0.717, 1.165) is 25.2 Å². The molecule has 6 nitrogen and oxygen atoms in total. The van der Waals surface area contributed by atoms with Gasteiger partial charge < -0.3 is 14.5 Å². The maximum absolute atomic E-state index is 13.0. The predicted molar refractivity (Wildman–Crippen MR) is 111 cm³/mol. The lowest BCUT2D eigenvalue weighted by Crippen LogP contribution is -2.41. The molecular formula is C23H26FN3O3. The number of hydrogen-bond donors (Lipinski definition) is 0. The van der Waals surface area contributed by atoms with Crippen molar-refractivity contribution in [2.24, 2.45) is 0 Å². The number of piperidine rings is 1. The molecule has 0 spiro atoms. The molecule has 0 radical (unpaired) electrons. The lowest BCUT2D eigenvalue weighted by Gasteiger charge is -2.27. The van der Waals surface area contributed by atoms with E-state index in [1.165, 1.54) is 36.3 Å². The summed E-state index contributed by atoms with van der Waals surface area (Å²) in [4.78, 5) is 30.3. The first-order valence-corrected chi connectivity index (χ1v) is 10.4. The standard InChI is InChI=1S/C23H26FN3O3/c24-19-6-10-21(11-7-19)30-20-8-4-18(5-9-20)16-26-17-22(28)27(23(26)29)15-14-25-12-2-1-3-13-25/h4-11H,1-3,12-17H2. The van der Waals surface area contributed by atoms with Gasteiger partial charge in [0, 0.05) is 19.6 Å². The Labute approximate surface area is 175 Å². The smallest absolute Gasteiger partial charge is 0.327 e. The van der Waals surface area contributed by atoms with Crippen LogP contribution in [0.15, 0.2) is 48.5 Å². The van der Waals surface area contributed by atoms with Crippen molar-refractivity contribution in [2.75, 3.05) is 32.7 Å². The van der Waals surface area contributed by atoms with E-state index in [0.29, 0.717) is 24.6 Å². The van der Waals surface area contributed by atoms with Crippen LogP contribution < -0.4 is 4.74 Å². The number of amides is 3. The molecule has 2 aliphatic rings. The van der Waals surface area contributed by atoms with Crippen LogP contribution >= 0.6 is 0 Å². The topological polar surface area (TPSA) is 53.1 Å². The number of imide groups is 1. The lowest BCUT2D eigenvalue weighted by molar-refractivity contribution is -0.125. The van der Waals surface area contributed by atoms with E-state index in [-0.39, 0.29) is 24.3 Å². The fourth-order valence-electron chi connectivity index (χ4n) is 3.88. The van der Waals surface area contributed by atoms with Crippen molar-refractivity contribution in [2.45, 2.75) is 25.8 Å². The van der Waals surface area contributed by atoms with E-state index in [1.54, 1.807) is 29.2 Å². The number of likely N-dealkylation sites (tertiary alicyclic amines) is 1. The molecule has 2 heterocycles. The maximum atomic E-state index is 13.0. The molecule has 3 amide bonds. The van der Waals surface area contributed by atoms with Gasteiger partial charge in [-0.25, -0.2) is 9.18 Å². The van der Waals surface area contributed by atoms with Crippen molar-refractivity contribution in [1.82, 2.24) is 14.7 Å². The third-order valence-electron chi connectivity index (χ3n) is 5.56. The number of carbonyl (C=O) groups excluding carboxylic acids is 2. The normalized spacial score (nSPS) is 17.6. The van der Waals surface area contributed by atoms with Crippen molar-refractivity contribution in [3.63, 3.8) is 0 Å². The number of nitrogens with zero attached hydrogens (tertiary/aromatic N) is 3. The molecule has 158 valence electrons. The van der Waals surface area contributed by atoms with Crippen LogP contribution in [0.4, 0.5) is 9.18 Å². The molecule has 7 heteroatoms. The zero-order chi connectivity index (χ0) is 20.9. The van der Waals surface area contributed by atoms with Crippen LogP contribution in [0.25, 0.3) is 0 Å². The molecule has 2 fully saturated rings. The van der Waals surface area contributed by atoms with E-state index < -0.39 is 0 Å². The Morgan fingerprint density at radius 3 is 2.13 bits per heavy atom. The average Bonchev–Trinajstić information content (AvgIpc) is 3.03. The van der Waals surface area contributed by atoms with Crippen molar-refractivity contribution in [3.8, 4) is 11.5 Å². The van der Waals surface area contributed by atoms with Crippen molar-refractivity contribution < 1.29 is 18.7 Å². The maximum Gasteiger partial charge on any atom is 0.327 e. The summed E-state index contributed by atoms with van der Waals surface area (Å²) in [5, 5.41) is 0. The number of rotatable bonds is 7. The van der Waals surface area contributed by atoms with Gasteiger partial charge in [-0.2, -0.15) is 0 Å². The molecule has 0 bridgehead atoms. The second kappa shape index (κ2) is 9.26. The highest BCUT2D eigenvalue weighted by Gasteiger charge is 2.35. The van der Waals surface area contributed by atoms with Crippen LogP contribution in [0.3, 0.4) is 0 Å². The molecule has 0 N–H and O–H groups in total. The van der Waals surface area contributed by atoms with E-state index >= 15 is 0 Å². The number of urea groups is 1. The monoisotopic (exact) mass is 411 g/mol.